The normalized spacial score (nSPS) is 10.9. The molecule has 0 unspecified atom stereocenters. The average molecular weight is 548 g/mol. The van der Waals surface area contributed by atoms with E-state index in [4.69, 9.17) is 14.5 Å². The molecule has 0 atom stereocenters. The second kappa shape index (κ2) is 12.6. The number of para-hydroxylation sites is 1. The molecule has 0 saturated carbocycles. The molecule has 31 heavy (non-hydrogen) atoms. The van der Waals surface area contributed by atoms with Crippen LogP contribution in [0.25, 0.3) is 0 Å². The van der Waals surface area contributed by atoms with E-state index in [2.05, 4.69) is 54.5 Å². The largest absolute Gasteiger partial charge is 0.497 e. The summed E-state index contributed by atoms with van der Waals surface area (Å²) in [6.07, 6.45) is 2.08. The Morgan fingerprint density at radius 2 is 1.29 bits per heavy atom. The van der Waals surface area contributed by atoms with Crippen molar-refractivity contribution in [1.29, 1.82) is 0 Å². The van der Waals surface area contributed by atoms with E-state index < -0.39 is 0 Å². The first-order valence-corrected chi connectivity index (χ1v) is 11.0. The number of benzene rings is 3. The summed E-state index contributed by atoms with van der Waals surface area (Å²) in [6, 6.07) is 24.6. The van der Waals surface area contributed by atoms with Crippen LogP contribution in [0.3, 0.4) is 0 Å². The van der Waals surface area contributed by atoms with Gasteiger partial charge in [-0.25, -0.2) is 4.99 Å². The third kappa shape index (κ3) is 7.18. The van der Waals surface area contributed by atoms with Crippen molar-refractivity contribution in [3.63, 3.8) is 0 Å². The molecular formula is C25H29IN2O2S. The van der Waals surface area contributed by atoms with Crippen LogP contribution in [-0.4, -0.2) is 30.5 Å². The number of rotatable bonds is 7. The molecule has 0 spiro atoms. The summed E-state index contributed by atoms with van der Waals surface area (Å²) >= 11 is 1.66. The van der Waals surface area contributed by atoms with Gasteiger partial charge in [0.2, 0.25) is 0 Å². The number of ether oxygens (including phenoxy) is 2. The lowest BCUT2D eigenvalue weighted by atomic mass is 10.1. The molecule has 0 aliphatic rings. The monoisotopic (exact) mass is 548 g/mol. The molecule has 0 fully saturated rings. The quantitative estimate of drug-likeness (QED) is 0.187. The Kier molecular flexibility index (Phi) is 10.2. The highest BCUT2D eigenvalue weighted by Crippen LogP contribution is 2.24. The molecule has 0 amide bonds. The Morgan fingerprint density at radius 3 is 1.71 bits per heavy atom. The molecule has 0 bridgehead atoms. The molecule has 0 aliphatic carbocycles. The van der Waals surface area contributed by atoms with Crippen molar-refractivity contribution in [2.45, 2.75) is 20.0 Å². The maximum atomic E-state index is 5.30. The summed E-state index contributed by atoms with van der Waals surface area (Å²) in [7, 11) is 3.37. The van der Waals surface area contributed by atoms with Crippen LogP contribution in [-0.2, 0) is 13.1 Å². The number of hydrogen-bond acceptors (Lipinski definition) is 4. The summed E-state index contributed by atoms with van der Waals surface area (Å²) in [5, 5.41) is 0.982. The van der Waals surface area contributed by atoms with E-state index in [9.17, 15) is 0 Å². The second-order valence-electron chi connectivity index (χ2n) is 6.94. The number of nitrogens with zero attached hydrogens (tertiary/aromatic N) is 2. The Bertz CT molecular complexity index is 926. The number of thioether (sulfide) groups is 1. The van der Waals surface area contributed by atoms with Crippen LogP contribution < -0.4 is 9.47 Å². The van der Waals surface area contributed by atoms with Gasteiger partial charge < -0.3 is 14.4 Å². The lowest BCUT2D eigenvalue weighted by Gasteiger charge is -2.26. The first-order chi connectivity index (χ1) is 14.6. The third-order valence-electron chi connectivity index (χ3n) is 4.85. The molecule has 0 saturated heterocycles. The van der Waals surface area contributed by atoms with Crippen molar-refractivity contribution in [2.24, 2.45) is 4.99 Å². The highest BCUT2D eigenvalue weighted by Gasteiger charge is 2.14. The lowest BCUT2D eigenvalue weighted by Crippen LogP contribution is -2.27. The van der Waals surface area contributed by atoms with Gasteiger partial charge in [-0.2, -0.15) is 0 Å². The lowest BCUT2D eigenvalue weighted by molar-refractivity contribution is 0.405. The molecular weight excluding hydrogens is 519 g/mol. The van der Waals surface area contributed by atoms with Crippen LogP contribution in [0.4, 0.5) is 5.69 Å². The highest BCUT2D eigenvalue weighted by atomic mass is 127. The number of halogens is 1. The van der Waals surface area contributed by atoms with Crippen LogP contribution in [0.5, 0.6) is 11.5 Å². The maximum Gasteiger partial charge on any atom is 0.164 e. The summed E-state index contributed by atoms with van der Waals surface area (Å²) in [5.74, 6) is 1.72. The number of amidine groups is 1. The second-order valence-corrected chi connectivity index (χ2v) is 7.71. The fourth-order valence-electron chi connectivity index (χ4n) is 3.13. The van der Waals surface area contributed by atoms with Gasteiger partial charge in [0.15, 0.2) is 5.17 Å². The molecule has 3 aromatic carbocycles. The maximum absolute atomic E-state index is 5.30. The van der Waals surface area contributed by atoms with Gasteiger partial charge in [0.05, 0.1) is 19.9 Å². The van der Waals surface area contributed by atoms with E-state index in [1.807, 2.05) is 36.4 Å². The van der Waals surface area contributed by atoms with Crippen molar-refractivity contribution in [2.75, 3.05) is 20.5 Å². The number of aliphatic imine (C=N–C) groups is 1. The first kappa shape index (κ1) is 25.1. The van der Waals surface area contributed by atoms with Gasteiger partial charge in [-0.15, -0.1) is 24.0 Å². The Hall–Kier alpha value is -2.19. The molecule has 164 valence electrons. The van der Waals surface area contributed by atoms with Gasteiger partial charge in [-0.1, -0.05) is 54.2 Å². The third-order valence-corrected chi connectivity index (χ3v) is 5.56. The minimum Gasteiger partial charge on any atom is -0.497 e. The van der Waals surface area contributed by atoms with Gasteiger partial charge in [0, 0.05) is 13.1 Å². The number of hydrogen-bond donors (Lipinski definition) is 0. The van der Waals surface area contributed by atoms with E-state index in [1.54, 1.807) is 26.0 Å². The topological polar surface area (TPSA) is 34.1 Å². The Balaban J connectivity index is 0.00000341. The molecule has 3 aromatic rings. The van der Waals surface area contributed by atoms with Gasteiger partial charge >= 0.3 is 0 Å². The molecule has 0 aromatic heterocycles. The van der Waals surface area contributed by atoms with Crippen LogP contribution in [0, 0.1) is 6.92 Å². The summed E-state index contributed by atoms with van der Waals surface area (Å²) < 4.78 is 10.6. The summed E-state index contributed by atoms with van der Waals surface area (Å²) in [6.45, 7) is 3.59. The minimum absolute atomic E-state index is 0. The summed E-state index contributed by atoms with van der Waals surface area (Å²) in [4.78, 5) is 7.30. The van der Waals surface area contributed by atoms with Crippen molar-refractivity contribution in [3.8, 4) is 11.5 Å². The van der Waals surface area contributed by atoms with Gasteiger partial charge in [-0.3, -0.25) is 0 Å². The van der Waals surface area contributed by atoms with E-state index in [1.165, 1.54) is 11.1 Å². The summed E-state index contributed by atoms with van der Waals surface area (Å²) in [5.41, 5.74) is 4.57. The molecule has 3 rings (SSSR count). The SMILES string of the molecule is COc1ccc(CN(Cc2ccc(OC)cc2)C(=Nc2ccccc2C)SC)cc1.I. The highest BCUT2D eigenvalue weighted by molar-refractivity contribution is 14.0. The molecule has 6 heteroatoms. The van der Waals surface area contributed by atoms with Crippen LogP contribution >= 0.6 is 35.7 Å². The van der Waals surface area contributed by atoms with Crippen LogP contribution in [0.2, 0.25) is 0 Å². The standard InChI is InChI=1S/C25H28N2O2S.HI/c1-19-7-5-6-8-24(19)26-25(30-4)27(17-20-9-13-22(28-2)14-10-20)18-21-11-15-23(29-3)16-12-21;/h5-16H,17-18H2,1-4H3;1H. The van der Waals surface area contributed by atoms with Crippen LogP contribution in [0.1, 0.15) is 16.7 Å². The van der Waals surface area contributed by atoms with E-state index in [-0.39, 0.29) is 24.0 Å². The predicted octanol–water partition coefficient (Wildman–Crippen LogP) is 6.68. The molecule has 4 nitrogen and oxygen atoms in total. The Labute approximate surface area is 206 Å². The smallest absolute Gasteiger partial charge is 0.164 e. The van der Waals surface area contributed by atoms with Crippen molar-refractivity contribution >= 4 is 46.6 Å². The van der Waals surface area contributed by atoms with Gasteiger partial charge in [0.1, 0.15) is 11.5 Å². The zero-order chi connectivity index (χ0) is 21.3. The average Bonchev–Trinajstić information content (AvgIpc) is 2.79. The van der Waals surface area contributed by atoms with Crippen LogP contribution in [0.15, 0.2) is 77.8 Å². The Morgan fingerprint density at radius 1 is 0.806 bits per heavy atom. The zero-order valence-corrected chi connectivity index (χ0v) is 21.5. The first-order valence-electron chi connectivity index (χ1n) is 9.82. The van der Waals surface area contributed by atoms with Gasteiger partial charge in [-0.05, 0) is 60.2 Å². The number of methoxy groups -OCH3 is 2. The van der Waals surface area contributed by atoms with E-state index in [0.717, 1.165) is 41.0 Å². The molecule has 0 heterocycles. The fraction of sp³-hybridized carbons (Fsp3) is 0.240. The van der Waals surface area contributed by atoms with Gasteiger partial charge in [0.25, 0.3) is 0 Å². The predicted molar refractivity (Wildman–Crippen MR) is 142 cm³/mol. The van der Waals surface area contributed by atoms with Crippen molar-refractivity contribution in [1.82, 2.24) is 4.90 Å². The molecule has 0 radical (unpaired) electrons. The fourth-order valence-corrected chi connectivity index (χ4v) is 3.71. The molecule has 0 N–H and O–H groups in total. The van der Waals surface area contributed by atoms with E-state index >= 15 is 0 Å². The number of aryl methyl sites for hydroxylation is 1. The van der Waals surface area contributed by atoms with Crippen molar-refractivity contribution < 1.29 is 9.47 Å². The zero-order valence-electron chi connectivity index (χ0n) is 18.4. The minimum atomic E-state index is 0. The van der Waals surface area contributed by atoms with Crippen molar-refractivity contribution in [3.05, 3.63) is 89.5 Å². The molecule has 0 aliphatic heterocycles. The van der Waals surface area contributed by atoms with E-state index in [0.29, 0.717) is 0 Å².